The molecule has 0 aliphatic carbocycles. The summed E-state index contributed by atoms with van der Waals surface area (Å²) >= 11 is 0. The number of hydrogen-bond acceptors (Lipinski definition) is 3. The Balaban J connectivity index is 1.71. The standard InChI is InChI=1S/C19H27NO2/c1-3-10-22-18-9-4-6-14(13-18)19(21)15-11-16-7-5-8-17(12-15)20(16)2/h4,6,9,13,15-17H,3,5,7-8,10-12H2,1-2H3. The number of fused-ring (bicyclic) bond motifs is 2. The van der Waals surface area contributed by atoms with Crippen LogP contribution in [0.2, 0.25) is 0 Å². The zero-order chi connectivity index (χ0) is 15.5. The van der Waals surface area contributed by atoms with Gasteiger partial charge in [-0.05, 0) is 51.3 Å². The predicted octanol–water partition coefficient (Wildman–Crippen LogP) is 3.92. The highest BCUT2D eigenvalue weighted by molar-refractivity contribution is 5.98. The van der Waals surface area contributed by atoms with E-state index in [4.69, 9.17) is 4.74 Å². The first-order valence-electron chi connectivity index (χ1n) is 8.68. The molecule has 0 amide bonds. The Kier molecular flexibility index (Phi) is 4.82. The van der Waals surface area contributed by atoms with E-state index in [1.165, 1.54) is 19.3 Å². The highest BCUT2D eigenvalue weighted by Crippen LogP contribution is 2.37. The number of carbonyl (C=O) groups is 1. The third-order valence-electron chi connectivity index (χ3n) is 5.30. The number of rotatable bonds is 5. The van der Waals surface area contributed by atoms with Crippen LogP contribution in [0.1, 0.15) is 55.8 Å². The van der Waals surface area contributed by atoms with Crippen LogP contribution < -0.4 is 4.74 Å². The van der Waals surface area contributed by atoms with Gasteiger partial charge in [0.15, 0.2) is 5.78 Å². The number of hydrogen-bond donors (Lipinski definition) is 0. The van der Waals surface area contributed by atoms with Gasteiger partial charge in [-0.3, -0.25) is 4.79 Å². The number of carbonyl (C=O) groups excluding carboxylic acids is 1. The second-order valence-electron chi connectivity index (χ2n) is 6.81. The van der Waals surface area contributed by atoms with E-state index in [1.54, 1.807) is 0 Å². The molecule has 3 nitrogen and oxygen atoms in total. The summed E-state index contributed by atoms with van der Waals surface area (Å²) in [6, 6.07) is 8.94. The van der Waals surface area contributed by atoms with Gasteiger partial charge < -0.3 is 9.64 Å². The molecule has 2 bridgehead atoms. The van der Waals surface area contributed by atoms with Crippen LogP contribution >= 0.6 is 0 Å². The molecule has 0 aromatic heterocycles. The van der Waals surface area contributed by atoms with Crippen molar-refractivity contribution < 1.29 is 9.53 Å². The summed E-state index contributed by atoms with van der Waals surface area (Å²) in [6.45, 7) is 2.79. The summed E-state index contributed by atoms with van der Waals surface area (Å²) < 4.78 is 5.66. The molecule has 0 radical (unpaired) electrons. The van der Waals surface area contributed by atoms with Crippen molar-refractivity contribution in [3.63, 3.8) is 0 Å². The van der Waals surface area contributed by atoms with Crippen molar-refractivity contribution in [1.29, 1.82) is 0 Å². The van der Waals surface area contributed by atoms with Crippen LogP contribution in [0.3, 0.4) is 0 Å². The average molecular weight is 301 g/mol. The molecule has 22 heavy (non-hydrogen) atoms. The highest BCUT2D eigenvalue weighted by atomic mass is 16.5. The van der Waals surface area contributed by atoms with Crippen LogP contribution in [0, 0.1) is 5.92 Å². The Morgan fingerprint density at radius 3 is 2.68 bits per heavy atom. The van der Waals surface area contributed by atoms with Crippen molar-refractivity contribution in [2.75, 3.05) is 13.7 Å². The summed E-state index contributed by atoms with van der Waals surface area (Å²) in [5.41, 5.74) is 0.821. The minimum Gasteiger partial charge on any atom is -0.494 e. The maximum atomic E-state index is 12.9. The molecule has 0 spiro atoms. The molecule has 2 atom stereocenters. The molecule has 2 heterocycles. The number of ether oxygens (including phenoxy) is 1. The number of nitrogens with zero attached hydrogens (tertiary/aromatic N) is 1. The second-order valence-corrected chi connectivity index (χ2v) is 6.81. The molecule has 2 saturated heterocycles. The van der Waals surface area contributed by atoms with E-state index >= 15 is 0 Å². The molecule has 2 unspecified atom stereocenters. The Morgan fingerprint density at radius 1 is 1.27 bits per heavy atom. The van der Waals surface area contributed by atoms with E-state index < -0.39 is 0 Å². The zero-order valence-corrected chi connectivity index (χ0v) is 13.8. The van der Waals surface area contributed by atoms with Gasteiger partial charge in [0.05, 0.1) is 6.61 Å². The minimum atomic E-state index is 0.188. The fourth-order valence-corrected chi connectivity index (χ4v) is 4.02. The summed E-state index contributed by atoms with van der Waals surface area (Å²) in [6.07, 6.45) is 6.84. The SMILES string of the molecule is CCCOc1cccc(C(=O)C2CC3CCCC(C2)N3C)c1. The number of piperidine rings is 2. The minimum absolute atomic E-state index is 0.188. The molecular formula is C19H27NO2. The van der Waals surface area contributed by atoms with Gasteiger partial charge in [0.25, 0.3) is 0 Å². The van der Waals surface area contributed by atoms with Crippen molar-refractivity contribution >= 4 is 5.78 Å². The molecule has 3 heteroatoms. The molecule has 2 aliphatic rings. The van der Waals surface area contributed by atoms with E-state index in [2.05, 4.69) is 18.9 Å². The lowest BCUT2D eigenvalue weighted by atomic mass is 9.76. The van der Waals surface area contributed by atoms with Crippen molar-refractivity contribution in [1.82, 2.24) is 4.90 Å². The zero-order valence-electron chi connectivity index (χ0n) is 13.8. The summed E-state index contributed by atoms with van der Waals surface area (Å²) in [5, 5.41) is 0. The van der Waals surface area contributed by atoms with E-state index in [9.17, 15) is 4.79 Å². The second kappa shape index (κ2) is 6.82. The first-order chi connectivity index (χ1) is 10.7. The van der Waals surface area contributed by atoms with Crippen LogP contribution in [-0.2, 0) is 0 Å². The molecule has 1 aromatic rings. The maximum absolute atomic E-state index is 12.9. The van der Waals surface area contributed by atoms with Gasteiger partial charge in [-0.25, -0.2) is 0 Å². The van der Waals surface area contributed by atoms with Crippen LogP contribution in [0.4, 0.5) is 0 Å². The molecule has 2 aliphatic heterocycles. The summed E-state index contributed by atoms with van der Waals surface area (Å²) in [5.74, 6) is 1.32. The van der Waals surface area contributed by atoms with Crippen molar-refractivity contribution in [2.45, 2.75) is 57.5 Å². The van der Waals surface area contributed by atoms with Crippen LogP contribution in [0.5, 0.6) is 5.75 Å². The third kappa shape index (κ3) is 3.19. The van der Waals surface area contributed by atoms with Gasteiger partial charge in [0.2, 0.25) is 0 Å². The van der Waals surface area contributed by atoms with E-state index in [-0.39, 0.29) is 5.92 Å². The van der Waals surface area contributed by atoms with E-state index in [1.807, 2.05) is 24.3 Å². The molecule has 0 saturated carbocycles. The van der Waals surface area contributed by atoms with Gasteiger partial charge in [-0.1, -0.05) is 25.5 Å². The molecule has 120 valence electrons. The van der Waals surface area contributed by atoms with Gasteiger partial charge in [0, 0.05) is 23.6 Å². The molecule has 3 rings (SSSR count). The number of Topliss-reactive ketones (excluding diaryl/α,β-unsaturated/α-hetero) is 1. The number of ketones is 1. The van der Waals surface area contributed by atoms with Crippen molar-refractivity contribution in [3.05, 3.63) is 29.8 Å². The van der Waals surface area contributed by atoms with Gasteiger partial charge in [0.1, 0.15) is 5.75 Å². The quantitative estimate of drug-likeness (QED) is 0.772. The van der Waals surface area contributed by atoms with Crippen molar-refractivity contribution in [2.24, 2.45) is 5.92 Å². The molecule has 2 fully saturated rings. The lowest BCUT2D eigenvalue weighted by Crippen LogP contribution is -2.51. The lowest BCUT2D eigenvalue weighted by Gasteiger charge is -2.46. The monoisotopic (exact) mass is 301 g/mol. The molecular weight excluding hydrogens is 274 g/mol. The Morgan fingerprint density at radius 2 is 2.00 bits per heavy atom. The fourth-order valence-electron chi connectivity index (χ4n) is 4.02. The Bertz CT molecular complexity index is 514. The van der Waals surface area contributed by atoms with E-state index in [0.29, 0.717) is 24.5 Å². The van der Waals surface area contributed by atoms with Crippen LogP contribution in [-0.4, -0.2) is 36.4 Å². The highest BCUT2D eigenvalue weighted by Gasteiger charge is 2.38. The third-order valence-corrected chi connectivity index (χ3v) is 5.30. The lowest BCUT2D eigenvalue weighted by molar-refractivity contribution is 0.0338. The largest absolute Gasteiger partial charge is 0.494 e. The van der Waals surface area contributed by atoms with Gasteiger partial charge in [-0.2, -0.15) is 0 Å². The fraction of sp³-hybridized carbons (Fsp3) is 0.632. The maximum Gasteiger partial charge on any atom is 0.166 e. The van der Waals surface area contributed by atoms with Crippen LogP contribution in [0.25, 0.3) is 0 Å². The molecule has 1 aromatic carbocycles. The van der Waals surface area contributed by atoms with E-state index in [0.717, 1.165) is 30.6 Å². The summed E-state index contributed by atoms with van der Waals surface area (Å²) in [4.78, 5) is 15.4. The Hall–Kier alpha value is -1.35. The van der Waals surface area contributed by atoms with Gasteiger partial charge in [-0.15, -0.1) is 0 Å². The van der Waals surface area contributed by atoms with Crippen LogP contribution in [0.15, 0.2) is 24.3 Å². The molecule has 0 N–H and O–H groups in total. The van der Waals surface area contributed by atoms with Gasteiger partial charge >= 0.3 is 0 Å². The number of benzene rings is 1. The normalized spacial score (nSPS) is 28.4. The Labute approximate surface area is 133 Å². The summed E-state index contributed by atoms with van der Waals surface area (Å²) in [7, 11) is 2.23. The smallest absolute Gasteiger partial charge is 0.166 e. The first kappa shape index (κ1) is 15.5. The first-order valence-corrected chi connectivity index (χ1v) is 8.68. The predicted molar refractivity (Wildman–Crippen MR) is 88.5 cm³/mol. The average Bonchev–Trinajstić information content (AvgIpc) is 2.52. The topological polar surface area (TPSA) is 29.5 Å². The van der Waals surface area contributed by atoms with Crippen molar-refractivity contribution in [3.8, 4) is 5.75 Å².